The van der Waals surface area contributed by atoms with E-state index >= 15 is 0 Å². The minimum absolute atomic E-state index is 0.894. The van der Waals surface area contributed by atoms with Crippen molar-refractivity contribution < 1.29 is 0 Å². The van der Waals surface area contributed by atoms with E-state index in [0.717, 1.165) is 29.6 Å². The predicted molar refractivity (Wildman–Crippen MR) is 57.5 cm³/mol. The summed E-state index contributed by atoms with van der Waals surface area (Å²) in [5.41, 5.74) is 1.43. The van der Waals surface area contributed by atoms with Crippen LogP contribution in [0.5, 0.6) is 0 Å². The lowest BCUT2D eigenvalue weighted by Crippen LogP contribution is -2.53. The van der Waals surface area contributed by atoms with Crippen LogP contribution >= 0.6 is 0 Å². The van der Waals surface area contributed by atoms with Gasteiger partial charge in [-0.3, -0.25) is 0 Å². The van der Waals surface area contributed by atoms with Gasteiger partial charge in [-0.25, -0.2) is 0 Å². The molecule has 0 heteroatoms. The minimum Gasteiger partial charge on any atom is -0.0999 e. The Hall–Kier alpha value is -0.260. The molecule has 0 saturated heterocycles. The Morgan fingerprint density at radius 1 is 1.38 bits per heavy atom. The molecule has 2 rings (SSSR count). The lowest BCUT2D eigenvalue weighted by Gasteiger charge is -2.60. The monoisotopic (exact) mass is 178 g/mol. The highest BCUT2D eigenvalue weighted by Crippen LogP contribution is 2.62. The van der Waals surface area contributed by atoms with Gasteiger partial charge in [0.05, 0.1) is 0 Å². The fourth-order valence-corrected chi connectivity index (χ4v) is 3.39. The molecule has 0 bridgehead atoms. The van der Waals surface area contributed by atoms with Gasteiger partial charge in [0.25, 0.3) is 0 Å². The highest BCUT2D eigenvalue weighted by Gasteiger charge is 2.54. The van der Waals surface area contributed by atoms with E-state index in [1.54, 1.807) is 0 Å². The van der Waals surface area contributed by atoms with Crippen molar-refractivity contribution in [2.24, 2.45) is 29.6 Å². The first-order valence-electron chi connectivity index (χ1n) is 5.80. The van der Waals surface area contributed by atoms with Crippen molar-refractivity contribution in [3.63, 3.8) is 0 Å². The average molecular weight is 178 g/mol. The summed E-state index contributed by atoms with van der Waals surface area (Å²) in [5, 5.41) is 0. The fraction of sp³-hybridized carbons (Fsp3) is 0.846. The van der Waals surface area contributed by atoms with Gasteiger partial charge in [0.1, 0.15) is 0 Å². The smallest absolute Gasteiger partial charge is 0.0175 e. The minimum atomic E-state index is 0.894. The second-order valence-corrected chi connectivity index (χ2v) is 5.30. The molecular weight excluding hydrogens is 156 g/mol. The van der Waals surface area contributed by atoms with Gasteiger partial charge in [-0.15, -0.1) is 0 Å². The molecule has 2 aliphatic carbocycles. The van der Waals surface area contributed by atoms with Crippen molar-refractivity contribution in [3.05, 3.63) is 12.2 Å². The molecule has 2 fully saturated rings. The van der Waals surface area contributed by atoms with Crippen LogP contribution in [-0.4, -0.2) is 0 Å². The molecule has 5 atom stereocenters. The van der Waals surface area contributed by atoms with Gasteiger partial charge in [-0.2, -0.15) is 0 Å². The Morgan fingerprint density at radius 2 is 2.08 bits per heavy atom. The summed E-state index contributed by atoms with van der Waals surface area (Å²) in [6.45, 7) is 11.0. The van der Waals surface area contributed by atoms with Crippen LogP contribution in [0.25, 0.3) is 0 Å². The van der Waals surface area contributed by atoms with Crippen molar-refractivity contribution in [1.29, 1.82) is 0 Å². The topological polar surface area (TPSA) is 0 Å². The number of hydrogen-bond acceptors (Lipinski definition) is 0. The van der Waals surface area contributed by atoms with Gasteiger partial charge in [0.2, 0.25) is 0 Å². The van der Waals surface area contributed by atoms with E-state index in [1.165, 1.54) is 24.8 Å². The Morgan fingerprint density at radius 3 is 2.46 bits per heavy atom. The summed E-state index contributed by atoms with van der Waals surface area (Å²) < 4.78 is 0. The van der Waals surface area contributed by atoms with Crippen LogP contribution in [0.2, 0.25) is 0 Å². The largest absolute Gasteiger partial charge is 0.0999 e. The number of hydrogen-bond donors (Lipinski definition) is 0. The SMILES string of the molecule is C=C(C)C1CC2C(C(C)CC)CC12. The van der Waals surface area contributed by atoms with Crippen LogP contribution in [0.4, 0.5) is 0 Å². The van der Waals surface area contributed by atoms with Crippen LogP contribution in [0.1, 0.15) is 40.0 Å². The van der Waals surface area contributed by atoms with Gasteiger partial charge in [-0.05, 0) is 49.4 Å². The van der Waals surface area contributed by atoms with E-state index in [1.807, 2.05) is 0 Å². The highest BCUT2D eigenvalue weighted by molar-refractivity contribution is 5.13. The standard InChI is InChI=1S/C13H22/c1-5-9(4)11-7-12-10(8(2)3)6-13(11)12/h9-13H,2,5-7H2,1,3-4H3. The maximum absolute atomic E-state index is 4.09. The third-order valence-corrected chi connectivity index (χ3v) is 4.69. The zero-order chi connectivity index (χ0) is 9.59. The predicted octanol–water partition coefficient (Wildman–Crippen LogP) is 3.88. The Labute approximate surface area is 82.4 Å². The summed E-state index contributed by atoms with van der Waals surface area (Å²) in [6.07, 6.45) is 4.32. The molecule has 0 N–H and O–H groups in total. The first-order valence-corrected chi connectivity index (χ1v) is 5.80. The molecule has 0 aromatic heterocycles. The number of rotatable bonds is 3. The van der Waals surface area contributed by atoms with Gasteiger partial charge in [-0.1, -0.05) is 32.4 Å². The number of allylic oxidation sites excluding steroid dienone is 1. The van der Waals surface area contributed by atoms with E-state index < -0.39 is 0 Å². The summed E-state index contributed by atoms with van der Waals surface area (Å²) in [4.78, 5) is 0. The maximum Gasteiger partial charge on any atom is -0.0175 e. The molecule has 0 aromatic rings. The fourth-order valence-electron chi connectivity index (χ4n) is 3.39. The van der Waals surface area contributed by atoms with Crippen molar-refractivity contribution >= 4 is 0 Å². The van der Waals surface area contributed by atoms with Crippen molar-refractivity contribution in [3.8, 4) is 0 Å². The lowest BCUT2D eigenvalue weighted by atomic mass is 9.44. The highest BCUT2D eigenvalue weighted by atomic mass is 14.6. The first-order chi connectivity index (χ1) is 6.15. The molecule has 0 nitrogen and oxygen atoms in total. The molecule has 2 saturated carbocycles. The van der Waals surface area contributed by atoms with Crippen LogP contribution in [0.15, 0.2) is 12.2 Å². The molecule has 2 aliphatic rings. The lowest BCUT2D eigenvalue weighted by molar-refractivity contribution is -0.0946. The van der Waals surface area contributed by atoms with E-state index in [4.69, 9.17) is 0 Å². The van der Waals surface area contributed by atoms with Gasteiger partial charge < -0.3 is 0 Å². The second-order valence-electron chi connectivity index (χ2n) is 5.30. The zero-order valence-corrected chi connectivity index (χ0v) is 9.22. The summed E-state index contributed by atoms with van der Waals surface area (Å²) >= 11 is 0. The van der Waals surface area contributed by atoms with Gasteiger partial charge in [0.15, 0.2) is 0 Å². The van der Waals surface area contributed by atoms with E-state index in [2.05, 4.69) is 27.4 Å². The normalized spacial score (nSPS) is 44.2. The molecule has 74 valence electrons. The molecule has 13 heavy (non-hydrogen) atoms. The molecule has 0 spiro atoms. The quantitative estimate of drug-likeness (QED) is 0.575. The molecule has 0 aliphatic heterocycles. The average Bonchev–Trinajstić information content (AvgIpc) is 2.07. The summed E-state index contributed by atoms with van der Waals surface area (Å²) in [6, 6.07) is 0. The second kappa shape index (κ2) is 3.15. The molecule has 0 radical (unpaired) electrons. The van der Waals surface area contributed by atoms with Crippen LogP contribution in [-0.2, 0) is 0 Å². The van der Waals surface area contributed by atoms with E-state index in [9.17, 15) is 0 Å². The van der Waals surface area contributed by atoms with E-state index in [-0.39, 0.29) is 0 Å². The van der Waals surface area contributed by atoms with Crippen LogP contribution in [0, 0.1) is 29.6 Å². The Bertz CT molecular complexity index is 216. The first kappa shape index (κ1) is 9.30. The van der Waals surface area contributed by atoms with Crippen molar-refractivity contribution in [1.82, 2.24) is 0 Å². The zero-order valence-electron chi connectivity index (χ0n) is 9.22. The molecule has 0 amide bonds. The Kier molecular flexibility index (Phi) is 2.25. The Balaban J connectivity index is 1.86. The van der Waals surface area contributed by atoms with Crippen molar-refractivity contribution in [2.75, 3.05) is 0 Å². The van der Waals surface area contributed by atoms with Gasteiger partial charge >= 0.3 is 0 Å². The summed E-state index contributed by atoms with van der Waals surface area (Å²) in [7, 11) is 0. The molecular formula is C13H22. The third-order valence-electron chi connectivity index (χ3n) is 4.69. The van der Waals surface area contributed by atoms with Crippen LogP contribution < -0.4 is 0 Å². The molecule has 0 heterocycles. The summed E-state index contributed by atoms with van der Waals surface area (Å²) in [5.74, 6) is 5.04. The maximum atomic E-state index is 4.09. The molecule has 0 aromatic carbocycles. The number of fused-ring (bicyclic) bond motifs is 1. The van der Waals surface area contributed by atoms with E-state index in [0.29, 0.717) is 0 Å². The molecule has 5 unspecified atom stereocenters. The third kappa shape index (κ3) is 1.26. The van der Waals surface area contributed by atoms with Crippen LogP contribution in [0.3, 0.4) is 0 Å². The van der Waals surface area contributed by atoms with Crippen molar-refractivity contribution in [2.45, 2.75) is 40.0 Å². The van der Waals surface area contributed by atoms with Gasteiger partial charge in [0, 0.05) is 0 Å².